The fourth-order valence-corrected chi connectivity index (χ4v) is 3.43. The summed E-state index contributed by atoms with van der Waals surface area (Å²) in [5.41, 5.74) is 1.98. The quantitative estimate of drug-likeness (QED) is 0.933. The monoisotopic (exact) mass is 327 g/mol. The Hall–Kier alpha value is -2.34. The number of hydrogen-bond acceptors (Lipinski definition) is 4. The van der Waals surface area contributed by atoms with Crippen molar-refractivity contribution < 1.29 is 14.3 Å². The highest BCUT2D eigenvalue weighted by Crippen LogP contribution is 2.35. The minimum atomic E-state index is -0.249. The second kappa shape index (κ2) is 6.28. The lowest BCUT2D eigenvalue weighted by Gasteiger charge is -2.20. The number of rotatable bonds is 4. The summed E-state index contributed by atoms with van der Waals surface area (Å²) in [6, 6.07) is 7.70. The average molecular weight is 327 g/mol. The van der Waals surface area contributed by atoms with Crippen LogP contribution in [0, 0.1) is 0 Å². The molecule has 1 aromatic carbocycles. The van der Waals surface area contributed by atoms with E-state index < -0.39 is 0 Å². The standard InChI is InChI=1S/C18H21N3O3/c1-2-21-10-12(9-19-21)17-15(7-8-23-17)20-18(22)14-11-24-16-6-4-3-5-13(14)16/h3-6,9-10,14-15,17H,2,7-8,11H2,1H3,(H,20,22)/t14-,15+,17-/m1/s1. The van der Waals surface area contributed by atoms with E-state index in [1.54, 1.807) is 0 Å². The lowest BCUT2D eigenvalue weighted by molar-refractivity contribution is -0.123. The molecule has 1 N–H and O–H groups in total. The summed E-state index contributed by atoms with van der Waals surface area (Å²) >= 11 is 0. The minimum absolute atomic E-state index is 0.00309. The van der Waals surface area contributed by atoms with Crippen LogP contribution < -0.4 is 10.1 Å². The molecule has 1 amide bonds. The maximum absolute atomic E-state index is 12.7. The van der Waals surface area contributed by atoms with Gasteiger partial charge in [0.15, 0.2) is 0 Å². The van der Waals surface area contributed by atoms with Gasteiger partial charge in [-0.25, -0.2) is 0 Å². The Labute approximate surface area is 140 Å². The fraction of sp³-hybridized carbons (Fsp3) is 0.444. The van der Waals surface area contributed by atoms with Crippen molar-refractivity contribution >= 4 is 5.91 Å². The molecule has 6 nitrogen and oxygen atoms in total. The molecule has 2 aliphatic heterocycles. The predicted molar refractivity (Wildman–Crippen MR) is 87.8 cm³/mol. The third-order valence-electron chi connectivity index (χ3n) is 4.74. The molecule has 0 unspecified atom stereocenters. The molecule has 6 heteroatoms. The molecule has 4 rings (SSSR count). The lowest BCUT2D eigenvalue weighted by Crippen LogP contribution is -2.40. The van der Waals surface area contributed by atoms with E-state index in [1.807, 2.05) is 48.3 Å². The van der Waals surface area contributed by atoms with Gasteiger partial charge in [0.05, 0.1) is 12.2 Å². The summed E-state index contributed by atoms with van der Waals surface area (Å²) in [7, 11) is 0. The van der Waals surface area contributed by atoms with Crippen LogP contribution in [0.2, 0.25) is 0 Å². The van der Waals surface area contributed by atoms with Crippen molar-refractivity contribution in [3.8, 4) is 5.75 Å². The smallest absolute Gasteiger partial charge is 0.231 e. The number of carbonyl (C=O) groups excluding carboxylic acids is 1. The number of carbonyl (C=O) groups is 1. The summed E-state index contributed by atoms with van der Waals surface area (Å²) in [6.45, 7) is 3.91. The molecule has 2 aliphatic rings. The lowest BCUT2D eigenvalue weighted by atomic mass is 9.98. The molecule has 2 aromatic rings. The van der Waals surface area contributed by atoms with E-state index in [4.69, 9.17) is 9.47 Å². The van der Waals surface area contributed by atoms with Gasteiger partial charge in [0.1, 0.15) is 24.4 Å². The summed E-state index contributed by atoms with van der Waals surface area (Å²) in [5, 5.41) is 7.46. The van der Waals surface area contributed by atoms with Gasteiger partial charge in [-0.15, -0.1) is 0 Å². The second-order valence-corrected chi connectivity index (χ2v) is 6.23. The molecule has 3 atom stereocenters. The SMILES string of the molecule is CCn1cc([C@H]2OCC[C@@H]2NC(=O)[C@@H]2COc3ccccc32)cn1. The highest BCUT2D eigenvalue weighted by molar-refractivity contribution is 5.85. The van der Waals surface area contributed by atoms with Gasteiger partial charge in [0, 0.05) is 30.5 Å². The summed E-state index contributed by atoms with van der Waals surface area (Å²) in [4.78, 5) is 12.7. The highest BCUT2D eigenvalue weighted by Gasteiger charge is 2.36. The number of fused-ring (bicyclic) bond motifs is 1. The maximum Gasteiger partial charge on any atom is 0.231 e. The molecule has 0 aliphatic carbocycles. The first-order valence-corrected chi connectivity index (χ1v) is 8.42. The van der Waals surface area contributed by atoms with Gasteiger partial charge in [-0.1, -0.05) is 18.2 Å². The molecule has 126 valence electrons. The van der Waals surface area contributed by atoms with Gasteiger partial charge in [0.2, 0.25) is 5.91 Å². The van der Waals surface area contributed by atoms with Crippen molar-refractivity contribution in [1.82, 2.24) is 15.1 Å². The van der Waals surface area contributed by atoms with Crippen molar-refractivity contribution in [2.75, 3.05) is 13.2 Å². The van der Waals surface area contributed by atoms with Crippen molar-refractivity contribution in [1.29, 1.82) is 0 Å². The van der Waals surface area contributed by atoms with Gasteiger partial charge < -0.3 is 14.8 Å². The molecule has 1 aromatic heterocycles. The Morgan fingerprint density at radius 3 is 3.12 bits per heavy atom. The number of nitrogens with one attached hydrogen (secondary N) is 1. The largest absolute Gasteiger partial charge is 0.492 e. The van der Waals surface area contributed by atoms with E-state index in [9.17, 15) is 4.79 Å². The van der Waals surface area contributed by atoms with Crippen LogP contribution in [0.15, 0.2) is 36.7 Å². The molecule has 0 radical (unpaired) electrons. The zero-order valence-corrected chi connectivity index (χ0v) is 13.6. The van der Waals surface area contributed by atoms with Gasteiger partial charge in [0.25, 0.3) is 0 Å². The number of benzene rings is 1. The number of aryl methyl sites for hydroxylation is 1. The number of nitrogens with zero attached hydrogens (tertiary/aromatic N) is 2. The number of ether oxygens (including phenoxy) is 2. The summed E-state index contributed by atoms with van der Waals surface area (Å²) in [5.74, 6) is 0.560. The van der Waals surface area contributed by atoms with E-state index in [2.05, 4.69) is 10.4 Å². The van der Waals surface area contributed by atoms with E-state index in [0.29, 0.717) is 13.2 Å². The molecule has 0 spiro atoms. The van der Waals surface area contributed by atoms with E-state index in [1.165, 1.54) is 0 Å². The number of para-hydroxylation sites is 1. The molecular formula is C18H21N3O3. The van der Waals surface area contributed by atoms with Crippen LogP contribution in [0.1, 0.15) is 36.5 Å². The van der Waals surface area contributed by atoms with Crippen LogP contribution in [-0.4, -0.2) is 34.9 Å². The topological polar surface area (TPSA) is 65.4 Å². The van der Waals surface area contributed by atoms with Crippen molar-refractivity contribution in [2.24, 2.45) is 0 Å². The third kappa shape index (κ3) is 2.67. The summed E-state index contributed by atoms with van der Waals surface area (Å²) < 4.78 is 13.3. The van der Waals surface area contributed by atoms with Gasteiger partial charge >= 0.3 is 0 Å². The second-order valence-electron chi connectivity index (χ2n) is 6.23. The van der Waals surface area contributed by atoms with Gasteiger partial charge in [-0.3, -0.25) is 9.48 Å². The molecule has 1 saturated heterocycles. The number of aromatic nitrogens is 2. The molecular weight excluding hydrogens is 306 g/mol. The van der Waals surface area contributed by atoms with Crippen molar-refractivity contribution in [2.45, 2.75) is 38.0 Å². The predicted octanol–water partition coefficient (Wildman–Crippen LogP) is 2.03. The Bertz CT molecular complexity index is 743. The molecule has 0 bridgehead atoms. The van der Waals surface area contributed by atoms with Crippen molar-refractivity contribution in [3.05, 3.63) is 47.8 Å². The van der Waals surface area contributed by atoms with Crippen molar-refractivity contribution in [3.63, 3.8) is 0 Å². The zero-order chi connectivity index (χ0) is 16.5. The Morgan fingerprint density at radius 1 is 1.42 bits per heavy atom. The fourth-order valence-electron chi connectivity index (χ4n) is 3.43. The van der Waals surface area contributed by atoms with Crippen LogP contribution in [0.5, 0.6) is 5.75 Å². The van der Waals surface area contributed by atoms with Crippen LogP contribution in [0.3, 0.4) is 0 Å². The van der Waals surface area contributed by atoms with Gasteiger partial charge in [-0.05, 0) is 19.4 Å². The van der Waals surface area contributed by atoms with Gasteiger partial charge in [-0.2, -0.15) is 5.10 Å². The highest BCUT2D eigenvalue weighted by atomic mass is 16.5. The van der Waals surface area contributed by atoms with Crippen LogP contribution >= 0.6 is 0 Å². The maximum atomic E-state index is 12.7. The van der Waals surface area contributed by atoms with Crippen LogP contribution in [0.25, 0.3) is 0 Å². The first-order valence-electron chi connectivity index (χ1n) is 8.42. The first kappa shape index (κ1) is 15.2. The molecule has 3 heterocycles. The van der Waals surface area contributed by atoms with E-state index in [0.717, 1.165) is 29.8 Å². The first-order chi connectivity index (χ1) is 11.8. The summed E-state index contributed by atoms with van der Waals surface area (Å²) in [6.07, 6.45) is 4.49. The van der Waals surface area contributed by atoms with E-state index in [-0.39, 0.29) is 24.0 Å². The number of amides is 1. The molecule has 24 heavy (non-hydrogen) atoms. The Balaban J connectivity index is 1.47. The zero-order valence-electron chi connectivity index (χ0n) is 13.6. The van der Waals surface area contributed by atoms with Crippen LogP contribution in [0.4, 0.5) is 0 Å². The molecule has 1 fully saturated rings. The van der Waals surface area contributed by atoms with Crippen LogP contribution in [-0.2, 0) is 16.1 Å². The minimum Gasteiger partial charge on any atom is -0.492 e. The molecule has 0 saturated carbocycles. The average Bonchev–Trinajstić information content (AvgIpc) is 3.33. The Morgan fingerprint density at radius 2 is 2.29 bits per heavy atom. The Kier molecular flexibility index (Phi) is 3.98. The number of hydrogen-bond donors (Lipinski definition) is 1. The normalized spacial score (nSPS) is 25.3. The third-order valence-corrected chi connectivity index (χ3v) is 4.74. The van der Waals surface area contributed by atoms with E-state index >= 15 is 0 Å².